The number of fused-ring (bicyclic) bond motifs is 1. The van der Waals surface area contributed by atoms with E-state index in [1.807, 2.05) is 13.8 Å². The van der Waals surface area contributed by atoms with Crippen molar-refractivity contribution in [2.75, 3.05) is 5.73 Å². The molecule has 1 aromatic carbocycles. The second-order valence-electron chi connectivity index (χ2n) is 3.73. The van der Waals surface area contributed by atoms with E-state index >= 15 is 0 Å². The molecule has 3 N–H and O–H groups in total. The summed E-state index contributed by atoms with van der Waals surface area (Å²) in [5, 5.41) is 10.3. The van der Waals surface area contributed by atoms with Crippen molar-refractivity contribution in [2.45, 2.75) is 20.0 Å². The molecule has 80 valence electrons. The Morgan fingerprint density at radius 3 is 2.73 bits per heavy atom. The SMILES string of the molecule is CC(C)On1ccc2c(O)ccc(N)c21. The second-order valence-corrected chi connectivity index (χ2v) is 3.73. The molecule has 1 heterocycles. The lowest BCUT2D eigenvalue weighted by molar-refractivity contribution is 0.0688. The summed E-state index contributed by atoms with van der Waals surface area (Å²) in [7, 11) is 0. The van der Waals surface area contributed by atoms with Gasteiger partial charge in [-0.05, 0) is 32.0 Å². The van der Waals surface area contributed by atoms with Crippen LogP contribution in [-0.4, -0.2) is 15.9 Å². The number of hydrogen-bond donors (Lipinski definition) is 2. The average Bonchev–Trinajstić information content (AvgIpc) is 2.56. The third-order valence-corrected chi connectivity index (χ3v) is 2.15. The molecule has 0 saturated carbocycles. The van der Waals surface area contributed by atoms with Gasteiger partial charge >= 0.3 is 0 Å². The lowest BCUT2D eigenvalue weighted by Crippen LogP contribution is -2.18. The van der Waals surface area contributed by atoms with Crippen molar-refractivity contribution >= 4 is 16.6 Å². The molecule has 2 aromatic rings. The van der Waals surface area contributed by atoms with Crippen LogP contribution in [0.2, 0.25) is 0 Å². The van der Waals surface area contributed by atoms with Crippen molar-refractivity contribution in [1.29, 1.82) is 0 Å². The Bertz CT molecular complexity index is 489. The molecular formula is C11H14N2O2. The number of rotatable bonds is 2. The molecule has 15 heavy (non-hydrogen) atoms. The molecule has 4 heteroatoms. The largest absolute Gasteiger partial charge is 0.507 e. The van der Waals surface area contributed by atoms with E-state index < -0.39 is 0 Å². The van der Waals surface area contributed by atoms with Crippen molar-refractivity contribution in [2.24, 2.45) is 0 Å². The van der Waals surface area contributed by atoms with E-state index in [1.165, 1.54) is 0 Å². The van der Waals surface area contributed by atoms with E-state index in [0.29, 0.717) is 16.6 Å². The van der Waals surface area contributed by atoms with Gasteiger partial charge in [-0.3, -0.25) is 0 Å². The molecule has 0 aliphatic carbocycles. The zero-order valence-corrected chi connectivity index (χ0v) is 8.77. The van der Waals surface area contributed by atoms with Crippen molar-refractivity contribution in [3.05, 3.63) is 24.4 Å². The molecule has 0 unspecified atom stereocenters. The minimum Gasteiger partial charge on any atom is -0.507 e. The number of aromatic nitrogens is 1. The fraction of sp³-hybridized carbons (Fsp3) is 0.273. The molecule has 0 bridgehead atoms. The van der Waals surface area contributed by atoms with Gasteiger partial charge in [0.05, 0.1) is 5.69 Å². The first-order valence-electron chi connectivity index (χ1n) is 4.85. The quantitative estimate of drug-likeness (QED) is 0.581. The molecule has 0 radical (unpaired) electrons. The Kier molecular flexibility index (Phi) is 2.19. The fourth-order valence-electron chi connectivity index (χ4n) is 1.56. The number of benzene rings is 1. The van der Waals surface area contributed by atoms with Crippen LogP contribution in [0.1, 0.15) is 13.8 Å². The lowest BCUT2D eigenvalue weighted by atomic mass is 10.2. The van der Waals surface area contributed by atoms with Gasteiger partial charge in [0.15, 0.2) is 0 Å². The summed E-state index contributed by atoms with van der Waals surface area (Å²) < 4.78 is 1.59. The second kappa shape index (κ2) is 3.38. The molecule has 0 saturated heterocycles. The predicted molar refractivity (Wildman–Crippen MR) is 59.7 cm³/mol. The highest BCUT2D eigenvalue weighted by Crippen LogP contribution is 2.29. The maximum Gasteiger partial charge on any atom is 0.125 e. The molecule has 0 aliphatic rings. The number of nitrogens with two attached hydrogens (primary N) is 1. The Morgan fingerprint density at radius 2 is 2.07 bits per heavy atom. The van der Waals surface area contributed by atoms with Gasteiger partial charge in [-0.2, -0.15) is 4.73 Å². The highest BCUT2D eigenvalue weighted by molar-refractivity contribution is 5.94. The van der Waals surface area contributed by atoms with Crippen molar-refractivity contribution < 1.29 is 9.94 Å². The molecule has 0 aliphatic heterocycles. The van der Waals surface area contributed by atoms with E-state index in [9.17, 15) is 5.11 Å². The third kappa shape index (κ3) is 1.58. The summed E-state index contributed by atoms with van der Waals surface area (Å²) in [6.45, 7) is 3.87. The summed E-state index contributed by atoms with van der Waals surface area (Å²) in [5.41, 5.74) is 7.14. The van der Waals surface area contributed by atoms with Crippen molar-refractivity contribution in [3.8, 4) is 5.75 Å². The van der Waals surface area contributed by atoms with Crippen LogP contribution < -0.4 is 10.6 Å². The first-order chi connectivity index (χ1) is 7.09. The van der Waals surface area contributed by atoms with Crippen LogP contribution >= 0.6 is 0 Å². The van der Waals surface area contributed by atoms with E-state index in [4.69, 9.17) is 10.6 Å². The van der Waals surface area contributed by atoms with E-state index in [1.54, 1.807) is 29.1 Å². The first kappa shape index (κ1) is 9.71. The monoisotopic (exact) mass is 206 g/mol. The van der Waals surface area contributed by atoms with Crippen LogP contribution in [0.4, 0.5) is 5.69 Å². The van der Waals surface area contributed by atoms with Gasteiger partial charge in [0.25, 0.3) is 0 Å². The van der Waals surface area contributed by atoms with E-state index in [2.05, 4.69) is 0 Å². The van der Waals surface area contributed by atoms with E-state index in [-0.39, 0.29) is 11.9 Å². The molecule has 0 atom stereocenters. The fourth-order valence-corrected chi connectivity index (χ4v) is 1.56. The summed E-state index contributed by atoms with van der Waals surface area (Å²) in [6.07, 6.45) is 1.81. The van der Waals surface area contributed by atoms with Gasteiger partial charge in [-0.15, -0.1) is 0 Å². The normalized spacial score (nSPS) is 11.1. The molecular weight excluding hydrogens is 192 g/mol. The Hall–Kier alpha value is -1.84. The summed E-state index contributed by atoms with van der Waals surface area (Å²) >= 11 is 0. The minimum absolute atomic E-state index is 0.0577. The Morgan fingerprint density at radius 1 is 1.33 bits per heavy atom. The van der Waals surface area contributed by atoms with Gasteiger partial charge in [0, 0.05) is 11.6 Å². The average molecular weight is 206 g/mol. The zero-order chi connectivity index (χ0) is 11.0. The zero-order valence-electron chi connectivity index (χ0n) is 8.77. The van der Waals surface area contributed by atoms with Crippen molar-refractivity contribution in [1.82, 2.24) is 4.73 Å². The lowest BCUT2D eigenvalue weighted by Gasteiger charge is -2.12. The summed E-state index contributed by atoms with van der Waals surface area (Å²) in [6, 6.07) is 5.03. The summed E-state index contributed by atoms with van der Waals surface area (Å²) in [4.78, 5) is 5.53. The molecule has 0 amide bonds. The molecule has 1 aromatic heterocycles. The van der Waals surface area contributed by atoms with Crippen LogP contribution in [0.3, 0.4) is 0 Å². The number of phenols is 1. The smallest absolute Gasteiger partial charge is 0.125 e. The Labute approximate surface area is 87.8 Å². The van der Waals surface area contributed by atoms with Gasteiger partial charge in [-0.25, -0.2) is 0 Å². The standard InChI is InChI=1S/C11H14N2O2/c1-7(2)15-13-6-5-8-10(14)4-3-9(12)11(8)13/h3-7,14H,12H2,1-2H3. The third-order valence-electron chi connectivity index (χ3n) is 2.15. The molecule has 0 spiro atoms. The summed E-state index contributed by atoms with van der Waals surface area (Å²) in [5.74, 6) is 0.213. The van der Waals surface area contributed by atoms with Crippen LogP contribution in [0.15, 0.2) is 24.4 Å². The maximum atomic E-state index is 9.62. The number of nitrogens with zero attached hydrogens (tertiary/aromatic N) is 1. The number of anilines is 1. The van der Waals surface area contributed by atoms with E-state index in [0.717, 1.165) is 0 Å². The maximum absolute atomic E-state index is 9.62. The molecule has 2 rings (SSSR count). The topological polar surface area (TPSA) is 60.4 Å². The van der Waals surface area contributed by atoms with Gasteiger partial charge in [0.2, 0.25) is 0 Å². The number of aromatic hydroxyl groups is 1. The van der Waals surface area contributed by atoms with Crippen LogP contribution in [-0.2, 0) is 0 Å². The Balaban J connectivity index is 2.62. The number of hydrogen-bond acceptors (Lipinski definition) is 3. The number of nitrogen functional groups attached to an aromatic ring is 1. The minimum atomic E-state index is 0.0577. The van der Waals surface area contributed by atoms with Gasteiger partial charge < -0.3 is 15.7 Å². The molecule has 0 fully saturated rings. The predicted octanol–water partition coefficient (Wildman–Crippen LogP) is 1.77. The highest BCUT2D eigenvalue weighted by Gasteiger charge is 2.09. The van der Waals surface area contributed by atoms with Crippen molar-refractivity contribution in [3.63, 3.8) is 0 Å². The highest BCUT2D eigenvalue weighted by atomic mass is 16.7. The van der Waals surface area contributed by atoms with Crippen LogP contribution in [0, 0.1) is 0 Å². The number of phenolic OH excluding ortho intramolecular Hbond substituents is 1. The molecule has 4 nitrogen and oxygen atoms in total. The van der Waals surface area contributed by atoms with Gasteiger partial charge in [0.1, 0.15) is 17.4 Å². The first-order valence-corrected chi connectivity index (χ1v) is 4.85. The van der Waals surface area contributed by atoms with Crippen LogP contribution in [0.25, 0.3) is 10.9 Å². The van der Waals surface area contributed by atoms with Gasteiger partial charge in [-0.1, -0.05) is 0 Å². The van der Waals surface area contributed by atoms with Crippen LogP contribution in [0.5, 0.6) is 5.75 Å².